The summed E-state index contributed by atoms with van der Waals surface area (Å²) in [5, 5.41) is 7.55. The van der Waals surface area contributed by atoms with Gasteiger partial charge in [-0.2, -0.15) is 13.5 Å². The van der Waals surface area contributed by atoms with Gasteiger partial charge in [0, 0.05) is 5.39 Å². The summed E-state index contributed by atoms with van der Waals surface area (Å²) in [4.78, 5) is 3.98. The number of hydrogen-bond acceptors (Lipinski definition) is 5. The molecule has 0 unspecified atom stereocenters. The van der Waals surface area contributed by atoms with Crippen molar-refractivity contribution in [2.75, 3.05) is 6.26 Å². The molecule has 0 atom stereocenters. The Hall–Kier alpha value is -1.18. The number of H-pyrrole nitrogens is 1. The van der Waals surface area contributed by atoms with E-state index in [0.29, 0.717) is 11.2 Å². The molecule has 6 nitrogen and oxygen atoms in total. The number of halogens is 1. The lowest BCUT2D eigenvalue weighted by Crippen LogP contribution is -2.04. The van der Waals surface area contributed by atoms with Crippen molar-refractivity contribution in [2.24, 2.45) is 0 Å². The van der Waals surface area contributed by atoms with Gasteiger partial charge in [-0.05, 0) is 6.07 Å². The Morgan fingerprint density at radius 2 is 2.31 bits per heavy atom. The number of fused-ring (bicyclic) bond motifs is 1. The number of pyridine rings is 1. The van der Waals surface area contributed by atoms with Crippen LogP contribution in [0.3, 0.4) is 0 Å². The molecule has 86 valence electrons. The number of nitrogens with zero attached hydrogens (tertiary/aromatic N) is 2. The lowest BCUT2D eigenvalue weighted by atomic mass is 10.2. The fourth-order valence-corrected chi connectivity index (χ4v) is 1.79. The van der Waals surface area contributed by atoms with Crippen LogP contribution in [-0.4, -0.2) is 29.9 Å². The van der Waals surface area contributed by atoms with Gasteiger partial charge in [0.1, 0.15) is 11.8 Å². The summed E-state index contributed by atoms with van der Waals surface area (Å²) < 4.78 is 26.4. The van der Waals surface area contributed by atoms with Gasteiger partial charge in [-0.1, -0.05) is 11.6 Å². The van der Waals surface area contributed by atoms with Gasteiger partial charge < -0.3 is 0 Å². The normalized spacial score (nSPS) is 12.1. The van der Waals surface area contributed by atoms with Crippen LogP contribution in [0.1, 0.15) is 5.69 Å². The molecule has 0 aromatic carbocycles. The van der Waals surface area contributed by atoms with E-state index in [4.69, 9.17) is 11.6 Å². The quantitative estimate of drug-likeness (QED) is 0.660. The summed E-state index contributed by atoms with van der Waals surface area (Å²) in [5.41, 5.74) is 1.03. The fourth-order valence-electron chi connectivity index (χ4n) is 1.25. The van der Waals surface area contributed by atoms with E-state index in [9.17, 15) is 8.42 Å². The minimum Gasteiger partial charge on any atom is -0.276 e. The molecule has 0 amide bonds. The third-order valence-electron chi connectivity index (χ3n) is 1.88. The molecule has 0 aliphatic carbocycles. The van der Waals surface area contributed by atoms with Gasteiger partial charge in [-0.25, -0.2) is 4.98 Å². The van der Waals surface area contributed by atoms with Crippen LogP contribution in [-0.2, 0) is 20.9 Å². The zero-order chi connectivity index (χ0) is 11.8. The zero-order valence-electron chi connectivity index (χ0n) is 8.27. The largest absolute Gasteiger partial charge is 0.276 e. The Balaban J connectivity index is 2.39. The molecule has 0 radical (unpaired) electrons. The van der Waals surface area contributed by atoms with Crippen molar-refractivity contribution in [3.05, 3.63) is 23.1 Å². The highest BCUT2D eigenvalue weighted by Gasteiger charge is 2.10. The predicted molar refractivity (Wildman–Crippen MR) is 58.5 cm³/mol. The standard InChI is InChI=1S/C8H8ClN3O3S/c1-16(13,14)15-4-6-8-5(3-10-12-8)2-7(9)11-6/h2-3H,4H2,1H3,(H,10,12). The Labute approximate surface area is 96.7 Å². The van der Waals surface area contributed by atoms with E-state index >= 15 is 0 Å². The van der Waals surface area contributed by atoms with E-state index in [1.54, 1.807) is 12.3 Å². The third kappa shape index (κ3) is 2.49. The highest BCUT2D eigenvalue weighted by Crippen LogP contribution is 2.19. The van der Waals surface area contributed by atoms with E-state index in [0.717, 1.165) is 11.6 Å². The first-order valence-corrected chi connectivity index (χ1v) is 6.48. The molecule has 2 rings (SSSR count). The number of hydrogen-bond donors (Lipinski definition) is 1. The summed E-state index contributed by atoms with van der Waals surface area (Å²) in [7, 11) is -3.50. The summed E-state index contributed by atoms with van der Waals surface area (Å²) in [5.74, 6) is 0. The van der Waals surface area contributed by atoms with Crippen molar-refractivity contribution < 1.29 is 12.6 Å². The molecule has 0 bridgehead atoms. The monoisotopic (exact) mass is 261 g/mol. The van der Waals surface area contributed by atoms with Crippen LogP contribution in [0.4, 0.5) is 0 Å². The minimum absolute atomic E-state index is 0.169. The highest BCUT2D eigenvalue weighted by molar-refractivity contribution is 7.85. The summed E-state index contributed by atoms with van der Waals surface area (Å²) in [6.45, 7) is -0.169. The van der Waals surface area contributed by atoms with E-state index in [1.807, 2.05) is 0 Å². The van der Waals surface area contributed by atoms with Gasteiger partial charge in [0.05, 0.1) is 23.7 Å². The molecular formula is C8H8ClN3O3S. The minimum atomic E-state index is -3.50. The van der Waals surface area contributed by atoms with Crippen molar-refractivity contribution in [1.82, 2.24) is 15.2 Å². The van der Waals surface area contributed by atoms with E-state index in [2.05, 4.69) is 19.4 Å². The first-order chi connectivity index (χ1) is 7.46. The first-order valence-electron chi connectivity index (χ1n) is 4.28. The molecule has 2 aromatic rings. The number of rotatable bonds is 3. The van der Waals surface area contributed by atoms with E-state index < -0.39 is 10.1 Å². The molecule has 1 N–H and O–H groups in total. The van der Waals surface area contributed by atoms with Gasteiger partial charge in [0.25, 0.3) is 10.1 Å². The Morgan fingerprint density at radius 1 is 1.56 bits per heavy atom. The Kier molecular flexibility index (Phi) is 2.83. The van der Waals surface area contributed by atoms with Crippen LogP contribution in [0.2, 0.25) is 5.15 Å². The highest BCUT2D eigenvalue weighted by atomic mass is 35.5. The average molecular weight is 262 g/mol. The number of aromatic nitrogens is 3. The summed E-state index contributed by atoms with van der Waals surface area (Å²) >= 11 is 5.77. The fraction of sp³-hybridized carbons (Fsp3) is 0.250. The second kappa shape index (κ2) is 4.00. The molecule has 2 aromatic heterocycles. The second-order valence-electron chi connectivity index (χ2n) is 3.19. The van der Waals surface area contributed by atoms with Gasteiger partial charge in [0.2, 0.25) is 0 Å². The van der Waals surface area contributed by atoms with Gasteiger partial charge in [-0.3, -0.25) is 9.28 Å². The van der Waals surface area contributed by atoms with Crippen molar-refractivity contribution in [3.63, 3.8) is 0 Å². The van der Waals surface area contributed by atoms with Gasteiger partial charge in [-0.15, -0.1) is 0 Å². The van der Waals surface area contributed by atoms with E-state index in [1.165, 1.54) is 0 Å². The molecule has 0 fully saturated rings. The second-order valence-corrected chi connectivity index (χ2v) is 5.22. The average Bonchev–Trinajstić information content (AvgIpc) is 2.60. The maximum absolute atomic E-state index is 10.9. The molecule has 0 spiro atoms. The van der Waals surface area contributed by atoms with Crippen molar-refractivity contribution >= 4 is 32.6 Å². The maximum Gasteiger partial charge on any atom is 0.264 e. The molecule has 0 aliphatic rings. The van der Waals surface area contributed by atoms with Gasteiger partial charge in [0.15, 0.2) is 0 Å². The first kappa shape index (κ1) is 11.3. The molecule has 8 heteroatoms. The predicted octanol–water partition coefficient (Wildman–Crippen LogP) is 1.09. The van der Waals surface area contributed by atoms with Crippen LogP contribution in [0.15, 0.2) is 12.3 Å². The smallest absolute Gasteiger partial charge is 0.264 e. The zero-order valence-corrected chi connectivity index (χ0v) is 9.84. The lowest BCUT2D eigenvalue weighted by molar-refractivity contribution is 0.308. The SMILES string of the molecule is CS(=O)(=O)OCc1nc(Cl)cc2cn[nH]c12. The van der Waals surface area contributed by atoms with Crippen LogP contribution < -0.4 is 0 Å². The van der Waals surface area contributed by atoms with Crippen LogP contribution in [0.25, 0.3) is 10.9 Å². The van der Waals surface area contributed by atoms with E-state index in [-0.39, 0.29) is 11.8 Å². The van der Waals surface area contributed by atoms with Crippen LogP contribution in [0.5, 0.6) is 0 Å². The van der Waals surface area contributed by atoms with Crippen molar-refractivity contribution in [2.45, 2.75) is 6.61 Å². The lowest BCUT2D eigenvalue weighted by Gasteiger charge is -2.02. The molecular weight excluding hydrogens is 254 g/mol. The molecule has 0 aliphatic heterocycles. The molecule has 16 heavy (non-hydrogen) atoms. The number of nitrogens with one attached hydrogen (secondary N) is 1. The Bertz CT molecular complexity index is 622. The van der Waals surface area contributed by atoms with Crippen molar-refractivity contribution in [1.29, 1.82) is 0 Å². The molecule has 0 saturated carbocycles. The van der Waals surface area contributed by atoms with Crippen LogP contribution >= 0.6 is 11.6 Å². The topological polar surface area (TPSA) is 84.9 Å². The van der Waals surface area contributed by atoms with Crippen molar-refractivity contribution in [3.8, 4) is 0 Å². The third-order valence-corrected chi connectivity index (χ3v) is 2.62. The Morgan fingerprint density at radius 3 is 3.00 bits per heavy atom. The maximum atomic E-state index is 10.9. The van der Waals surface area contributed by atoms with Crippen LogP contribution in [0, 0.1) is 0 Å². The molecule has 2 heterocycles. The number of aromatic amines is 1. The summed E-state index contributed by atoms with van der Waals surface area (Å²) in [6.07, 6.45) is 2.55. The van der Waals surface area contributed by atoms with Gasteiger partial charge >= 0.3 is 0 Å². The summed E-state index contributed by atoms with van der Waals surface area (Å²) in [6, 6.07) is 1.63. The molecule has 0 saturated heterocycles.